The zero-order chi connectivity index (χ0) is 18.4. The van der Waals surface area contributed by atoms with E-state index in [1.54, 1.807) is 23.3 Å². The lowest BCUT2D eigenvalue weighted by atomic mass is 10.1. The molecule has 1 aromatic heterocycles. The summed E-state index contributed by atoms with van der Waals surface area (Å²) in [7, 11) is 3.49. The standard InChI is InChI=1S/C19H27N3O2S/c1-13-6-8-16(9-7-13)19-21-14(2)18(25-19)15(3)22(4)17(23)12-20-10-11-24-5/h6-9,15,20H,10-12H2,1-5H3. The summed E-state index contributed by atoms with van der Waals surface area (Å²) in [6.45, 7) is 7.71. The number of rotatable bonds is 8. The fourth-order valence-corrected chi connectivity index (χ4v) is 3.67. The van der Waals surface area contributed by atoms with Crippen molar-refractivity contribution in [1.29, 1.82) is 0 Å². The average Bonchev–Trinajstić information content (AvgIpc) is 2.99. The second kappa shape index (κ2) is 9.08. The van der Waals surface area contributed by atoms with Gasteiger partial charge in [-0.1, -0.05) is 29.8 Å². The predicted molar refractivity (Wildman–Crippen MR) is 103 cm³/mol. The van der Waals surface area contributed by atoms with E-state index in [4.69, 9.17) is 9.72 Å². The van der Waals surface area contributed by atoms with Gasteiger partial charge in [-0.25, -0.2) is 4.98 Å². The number of nitrogens with zero attached hydrogens (tertiary/aromatic N) is 2. The molecular formula is C19H27N3O2S. The Balaban J connectivity index is 2.07. The number of aromatic nitrogens is 1. The SMILES string of the molecule is COCCNCC(=O)N(C)C(C)c1sc(-c2ccc(C)cc2)nc1C. The summed E-state index contributed by atoms with van der Waals surface area (Å²) in [4.78, 5) is 20.0. The van der Waals surface area contributed by atoms with Gasteiger partial charge in [-0.2, -0.15) is 0 Å². The third-order valence-corrected chi connectivity index (χ3v) is 5.62. The average molecular weight is 362 g/mol. The molecule has 0 bridgehead atoms. The van der Waals surface area contributed by atoms with Crippen molar-refractivity contribution in [2.45, 2.75) is 26.8 Å². The molecule has 5 nitrogen and oxygen atoms in total. The van der Waals surface area contributed by atoms with E-state index in [0.29, 0.717) is 19.7 Å². The lowest BCUT2D eigenvalue weighted by Crippen LogP contribution is -2.38. The first-order chi connectivity index (χ1) is 11.9. The second-order valence-corrected chi connectivity index (χ2v) is 7.22. The fourth-order valence-electron chi connectivity index (χ4n) is 2.50. The summed E-state index contributed by atoms with van der Waals surface area (Å²) in [5, 5.41) is 4.09. The zero-order valence-corrected chi connectivity index (χ0v) is 16.4. The molecule has 1 unspecified atom stereocenters. The van der Waals surface area contributed by atoms with Gasteiger partial charge < -0.3 is 15.0 Å². The third-order valence-electron chi connectivity index (χ3n) is 4.24. The lowest BCUT2D eigenvalue weighted by molar-refractivity contribution is -0.130. The van der Waals surface area contributed by atoms with Gasteiger partial charge in [-0.3, -0.25) is 4.79 Å². The normalized spacial score (nSPS) is 12.2. The van der Waals surface area contributed by atoms with Crippen LogP contribution in [0.15, 0.2) is 24.3 Å². The van der Waals surface area contributed by atoms with Gasteiger partial charge >= 0.3 is 0 Å². The van der Waals surface area contributed by atoms with Crippen molar-refractivity contribution in [3.8, 4) is 10.6 Å². The molecule has 2 aromatic rings. The van der Waals surface area contributed by atoms with Crippen LogP contribution < -0.4 is 5.32 Å². The van der Waals surface area contributed by atoms with Crippen LogP contribution in [-0.4, -0.2) is 49.6 Å². The molecule has 1 atom stereocenters. The van der Waals surface area contributed by atoms with Crippen LogP contribution in [0.2, 0.25) is 0 Å². The number of hydrogen-bond donors (Lipinski definition) is 1. The van der Waals surface area contributed by atoms with Crippen LogP contribution in [0.5, 0.6) is 0 Å². The van der Waals surface area contributed by atoms with E-state index in [1.807, 2.05) is 20.9 Å². The van der Waals surface area contributed by atoms with Crippen LogP contribution in [0, 0.1) is 13.8 Å². The van der Waals surface area contributed by atoms with Gasteiger partial charge in [0.05, 0.1) is 29.8 Å². The molecule has 0 radical (unpaired) electrons. The Morgan fingerprint density at radius 3 is 2.64 bits per heavy atom. The topological polar surface area (TPSA) is 54.5 Å². The molecule has 0 fully saturated rings. The minimum atomic E-state index is -0.00609. The summed E-state index contributed by atoms with van der Waals surface area (Å²) < 4.78 is 4.97. The summed E-state index contributed by atoms with van der Waals surface area (Å²) in [6.07, 6.45) is 0. The van der Waals surface area contributed by atoms with Crippen LogP contribution in [0.4, 0.5) is 0 Å². The predicted octanol–water partition coefficient (Wildman–Crippen LogP) is 3.18. The van der Waals surface area contributed by atoms with Gasteiger partial charge in [-0.15, -0.1) is 11.3 Å². The van der Waals surface area contributed by atoms with Crippen LogP contribution in [0.1, 0.15) is 29.1 Å². The van der Waals surface area contributed by atoms with Crippen LogP contribution in [0.25, 0.3) is 10.6 Å². The number of ether oxygens (including phenoxy) is 1. The first-order valence-electron chi connectivity index (χ1n) is 8.43. The maximum absolute atomic E-state index is 12.4. The van der Waals surface area contributed by atoms with Crippen molar-refractivity contribution >= 4 is 17.2 Å². The van der Waals surface area contributed by atoms with Crippen molar-refractivity contribution in [3.63, 3.8) is 0 Å². The van der Waals surface area contributed by atoms with Gasteiger partial charge in [-0.05, 0) is 20.8 Å². The number of thiazole rings is 1. The lowest BCUT2D eigenvalue weighted by Gasteiger charge is -2.24. The second-order valence-electron chi connectivity index (χ2n) is 6.18. The summed E-state index contributed by atoms with van der Waals surface area (Å²) in [5.74, 6) is 0.0632. The van der Waals surface area contributed by atoms with E-state index in [-0.39, 0.29) is 11.9 Å². The highest BCUT2D eigenvalue weighted by molar-refractivity contribution is 7.15. The molecule has 1 heterocycles. The number of nitrogens with one attached hydrogen (secondary N) is 1. The molecule has 2 rings (SSSR count). The monoisotopic (exact) mass is 361 g/mol. The maximum atomic E-state index is 12.4. The molecule has 0 saturated heterocycles. The van der Waals surface area contributed by atoms with E-state index in [0.717, 1.165) is 21.1 Å². The summed E-state index contributed by atoms with van der Waals surface area (Å²) in [5.41, 5.74) is 3.34. The largest absolute Gasteiger partial charge is 0.383 e. The van der Waals surface area contributed by atoms with Gasteiger partial charge in [0.25, 0.3) is 0 Å². The van der Waals surface area contributed by atoms with Gasteiger partial charge in [0, 0.05) is 26.3 Å². The molecule has 1 N–H and O–H groups in total. The molecular weight excluding hydrogens is 334 g/mol. The minimum Gasteiger partial charge on any atom is -0.383 e. The van der Waals surface area contributed by atoms with E-state index >= 15 is 0 Å². The van der Waals surface area contributed by atoms with Crippen LogP contribution >= 0.6 is 11.3 Å². The quantitative estimate of drug-likeness (QED) is 0.734. The minimum absolute atomic E-state index is 0.00609. The number of methoxy groups -OCH3 is 1. The first-order valence-corrected chi connectivity index (χ1v) is 9.25. The summed E-state index contributed by atoms with van der Waals surface area (Å²) >= 11 is 1.66. The smallest absolute Gasteiger partial charge is 0.236 e. The summed E-state index contributed by atoms with van der Waals surface area (Å²) in [6, 6.07) is 8.37. The number of benzene rings is 1. The number of amides is 1. The van der Waals surface area contributed by atoms with Crippen molar-refractivity contribution in [3.05, 3.63) is 40.4 Å². The van der Waals surface area contributed by atoms with E-state index in [1.165, 1.54) is 5.56 Å². The van der Waals surface area contributed by atoms with Crippen molar-refractivity contribution < 1.29 is 9.53 Å². The van der Waals surface area contributed by atoms with E-state index in [2.05, 4.69) is 36.5 Å². The van der Waals surface area contributed by atoms with E-state index in [9.17, 15) is 4.79 Å². The number of aryl methyl sites for hydroxylation is 2. The van der Waals surface area contributed by atoms with Gasteiger partial charge in [0.1, 0.15) is 5.01 Å². The van der Waals surface area contributed by atoms with E-state index < -0.39 is 0 Å². The molecule has 136 valence electrons. The van der Waals surface area contributed by atoms with Gasteiger partial charge in [0.15, 0.2) is 0 Å². The highest BCUT2D eigenvalue weighted by Crippen LogP contribution is 2.33. The number of hydrogen-bond acceptors (Lipinski definition) is 5. The molecule has 0 spiro atoms. The number of likely N-dealkylation sites (N-methyl/N-ethyl adjacent to an activating group) is 1. The van der Waals surface area contributed by atoms with Crippen molar-refractivity contribution in [1.82, 2.24) is 15.2 Å². The maximum Gasteiger partial charge on any atom is 0.236 e. The highest BCUT2D eigenvalue weighted by atomic mass is 32.1. The molecule has 0 saturated carbocycles. The first kappa shape index (κ1) is 19.6. The molecule has 6 heteroatoms. The Hall–Kier alpha value is -1.76. The Labute approximate surface area is 154 Å². The number of carbonyl (C=O) groups excluding carboxylic acids is 1. The third kappa shape index (κ3) is 5.11. The molecule has 0 aliphatic heterocycles. The molecule has 1 aromatic carbocycles. The zero-order valence-electron chi connectivity index (χ0n) is 15.6. The fraction of sp³-hybridized carbons (Fsp3) is 0.474. The molecule has 1 amide bonds. The van der Waals surface area contributed by atoms with Crippen LogP contribution in [-0.2, 0) is 9.53 Å². The Morgan fingerprint density at radius 2 is 2.00 bits per heavy atom. The van der Waals surface area contributed by atoms with Crippen molar-refractivity contribution in [2.75, 3.05) is 33.9 Å². The Bertz CT molecular complexity index is 697. The highest BCUT2D eigenvalue weighted by Gasteiger charge is 2.22. The molecule has 25 heavy (non-hydrogen) atoms. The molecule has 0 aliphatic carbocycles. The van der Waals surface area contributed by atoms with Crippen LogP contribution in [0.3, 0.4) is 0 Å². The van der Waals surface area contributed by atoms with Crippen molar-refractivity contribution in [2.24, 2.45) is 0 Å². The Morgan fingerprint density at radius 1 is 1.32 bits per heavy atom. The Kier molecular flexibility index (Phi) is 7.11. The number of carbonyl (C=O) groups is 1. The molecule has 0 aliphatic rings. The van der Waals surface area contributed by atoms with Gasteiger partial charge in [0.2, 0.25) is 5.91 Å².